The Labute approximate surface area is 108 Å². The highest BCUT2D eigenvalue weighted by atomic mass is 79.9. The van der Waals surface area contributed by atoms with Gasteiger partial charge < -0.3 is 9.84 Å². The summed E-state index contributed by atoms with van der Waals surface area (Å²) in [6.45, 7) is 0. The summed E-state index contributed by atoms with van der Waals surface area (Å²) in [6, 6.07) is 9.19. The quantitative estimate of drug-likeness (QED) is 0.941. The zero-order valence-corrected chi connectivity index (χ0v) is 10.8. The van der Waals surface area contributed by atoms with Crippen LogP contribution < -0.4 is 5.32 Å². The Morgan fingerprint density at radius 1 is 1.41 bits per heavy atom. The first-order chi connectivity index (χ1) is 8.29. The predicted octanol–water partition coefficient (Wildman–Crippen LogP) is 3.00. The van der Waals surface area contributed by atoms with Crippen LogP contribution in [0.15, 0.2) is 33.3 Å². The minimum absolute atomic E-state index is 0.536. The minimum Gasteiger partial charge on any atom is -0.335 e. The lowest BCUT2D eigenvalue weighted by atomic mass is 10.1. The number of halogens is 1. The van der Waals surface area contributed by atoms with Gasteiger partial charge in [0.25, 0.3) is 0 Å². The van der Waals surface area contributed by atoms with Crippen molar-refractivity contribution >= 4 is 21.9 Å². The van der Waals surface area contributed by atoms with Crippen molar-refractivity contribution in [2.24, 2.45) is 0 Å². The Bertz CT molecular complexity index is 522. The van der Waals surface area contributed by atoms with Gasteiger partial charge in [0.15, 0.2) is 5.82 Å². The highest BCUT2D eigenvalue weighted by Gasteiger charge is 2.23. The average molecular weight is 294 g/mol. The van der Waals surface area contributed by atoms with Gasteiger partial charge in [-0.15, -0.1) is 0 Å². The van der Waals surface area contributed by atoms with Gasteiger partial charge in [-0.05, 0) is 30.5 Å². The summed E-state index contributed by atoms with van der Waals surface area (Å²) < 4.78 is 6.20. The Kier molecular flexibility index (Phi) is 2.84. The maximum Gasteiger partial charge on any atom is 0.321 e. The molecule has 4 nitrogen and oxygen atoms in total. The third kappa shape index (κ3) is 2.85. The van der Waals surface area contributed by atoms with Crippen LogP contribution in [0.25, 0.3) is 0 Å². The van der Waals surface area contributed by atoms with Crippen LogP contribution in [0.3, 0.4) is 0 Å². The topological polar surface area (TPSA) is 51.0 Å². The Hall–Kier alpha value is -1.36. The third-order valence-electron chi connectivity index (χ3n) is 2.62. The van der Waals surface area contributed by atoms with Gasteiger partial charge in [0, 0.05) is 16.9 Å². The SMILES string of the molecule is Brc1cccc(Cc2noc(NC3CC3)n2)c1. The molecule has 0 unspecified atom stereocenters. The lowest BCUT2D eigenvalue weighted by Gasteiger charge is -1.97. The summed E-state index contributed by atoms with van der Waals surface area (Å²) in [4.78, 5) is 4.31. The van der Waals surface area contributed by atoms with E-state index in [9.17, 15) is 0 Å². The Morgan fingerprint density at radius 3 is 3.06 bits per heavy atom. The lowest BCUT2D eigenvalue weighted by molar-refractivity contribution is 0.423. The van der Waals surface area contributed by atoms with Crippen molar-refractivity contribution in [1.29, 1.82) is 0 Å². The van der Waals surface area contributed by atoms with Gasteiger partial charge in [-0.25, -0.2) is 0 Å². The number of rotatable bonds is 4. The van der Waals surface area contributed by atoms with E-state index in [-0.39, 0.29) is 0 Å². The fourth-order valence-electron chi connectivity index (χ4n) is 1.62. The Balaban J connectivity index is 1.69. The first-order valence-electron chi connectivity index (χ1n) is 5.63. The second-order valence-electron chi connectivity index (χ2n) is 4.24. The monoisotopic (exact) mass is 293 g/mol. The van der Waals surface area contributed by atoms with E-state index in [1.54, 1.807) is 0 Å². The van der Waals surface area contributed by atoms with Crippen LogP contribution in [-0.4, -0.2) is 16.2 Å². The highest BCUT2D eigenvalue weighted by molar-refractivity contribution is 9.10. The fraction of sp³-hybridized carbons (Fsp3) is 0.333. The molecule has 0 amide bonds. The maximum absolute atomic E-state index is 5.13. The van der Waals surface area contributed by atoms with Crippen LogP contribution in [-0.2, 0) is 6.42 Å². The minimum atomic E-state index is 0.536. The molecular formula is C12H12BrN3O. The van der Waals surface area contributed by atoms with Gasteiger partial charge in [0.2, 0.25) is 0 Å². The molecule has 1 aromatic carbocycles. The van der Waals surface area contributed by atoms with E-state index in [2.05, 4.69) is 43.5 Å². The normalized spacial score (nSPS) is 14.9. The summed E-state index contributed by atoms with van der Waals surface area (Å²) in [6.07, 6.45) is 3.09. The number of anilines is 1. The van der Waals surface area contributed by atoms with Crippen molar-refractivity contribution in [2.75, 3.05) is 5.32 Å². The van der Waals surface area contributed by atoms with E-state index in [1.165, 1.54) is 12.8 Å². The molecule has 1 saturated carbocycles. The van der Waals surface area contributed by atoms with Gasteiger partial charge in [-0.3, -0.25) is 0 Å². The molecule has 1 aliphatic carbocycles. The number of hydrogen-bond donors (Lipinski definition) is 1. The summed E-state index contributed by atoms with van der Waals surface area (Å²) in [7, 11) is 0. The molecule has 1 heterocycles. The molecule has 5 heteroatoms. The van der Waals surface area contributed by atoms with E-state index in [1.807, 2.05) is 12.1 Å². The van der Waals surface area contributed by atoms with Crippen molar-refractivity contribution in [1.82, 2.24) is 10.1 Å². The van der Waals surface area contributed by atoms with Gasteiger partial charge in [-0.2, -0.15) is 4.98 Å². The van der Waals surface area contributed by atoms with Crippen molar-refractivity contribution in [2.45, 2.75) is 25.3 Å². The van der Waals surface area contributed by atoms with Crippen LogP contribution in [0.5, 0.6) is 0 Å². The van der Waals surface area contributed by atoms with Crippen LogP contribution in [0.1, 0.15) is 24.2 Å². The van der Waals surface area contributed by atoms with E-state index < -0.39 is 0 Å². The third-order valence-corrected chi connectivity index (χ3v) is 3.12. The highest BCUT2D eigenvalue weighted by Crippen LogP contribution is 2.23. The second-order valence-corrected chi connectivity index (χ2v) is 5.16. The smallest absolute Gasteiger partial charge is 0.321 e. The van der Waals surface area contributed by atoms with Gasteiger partial charge >= 0.3 is 6.01 Å². The molecule has 2 aromatic rings. The molecule has 0 aliphatic heterocycles. The number of aromatic nitrogens is 2. The van der Waals surface area contributed by atoms with Crippen LogP contribution in [0.4, 0.5) is 6.01 Å². The molecule has 0 atom stereocenters. The predicted molar refractivity (Wildman–Crippen MR) is 67.9 cm³/mol. The molecule has 0 radical (unpaired) electrons. The molecular weight excluding hydrogens is 282 g/mol. The molecule has 17 heavy (non-hydrogen) atoms. The van der Waals surface area contributed by atoms with E-state index >= 15 is 0 Å². The lowest BCUT2D eigenvalue weighted by Crippen LogP contribution is -2.00. The zero-order valence-electron chi connectivity index (χ0n) is 9.19. The van der Waals surface area contributed by atoms with Gasteiger partial charge in [0.05, 0.1) is 0 Å². The van der Waals surface area contributed by atoms with E-state index in [4.69, 9.17) is 4.52 Å². The molecule has 0 spiro atoms. The average Bonchev–Trinajstić information content (AvgIpc) is 2.99. The van der Waals surface area contributed by atoms with E-state index in [0.29, 0.717) is 24.3 Å². The summed E-state index contributed by atoms with van der Waals surface area (Å²) in [5.41, 5.74) is 1.16. The van der Waals surface area contributed by atoms with Crippen molar-refractivity contribution < 1.29 is 4.52 Å². The molecule has 0 saturated heterocycles. The maximum atomic E-state index is 5.13. The number of benzene rings is 1. The van der Waals surface area contributed by atoms with Crippen molar-refractivity contribution in [3.05, 3.63) is 40.1 Å². The van der Waals surface area contributed by atoms with Crippen molar-refractivity contribution in [3.63, 3.8) is 0 Å². The molecule has 1 aromatic heterocycles. The molecule has 1 N–H and O–H groups in total. The first kappa shape index (κ1) is 10.8. The van der Waals surface area contributed by atoms with Gasteiger partial charge in [0.1, 0.15) is 0 Å². The van der Waals surface area contributed by atoms with Gasteiger partial charge in [-0.1, -0.05) is 33.2 Å². The second kappa shape index (κ2) is 4.49. The molecule has 3 rings (SSSR count). The van der Waals surface area contributed by atoms with Crippen LogP contribution in [0, 0.1) is 0 Å². The summed E-state index contributed by atoms with van der Waals surface area (Å²) >= 11 is 3.45. The summed E-state index contributed by atoms with van der Waals surface area (Å²) in [5, 5.41) is 7.14. The molecule has 88 valence electrons. The van der Waals surface area contributed by atoms with Crippen LogP contribution in [0.2, 0.25) is 0 Å². The standard InChI is InChI=1S/C12H12BrN3O/c13-9-3-1-2-8(6-9)7-11-15-12(17-16-11)14-10-4-5-10/h1-3,6,10H,4-5,7H2,(H,14,15,16). The van der Waals surface area contributed by atoms with Crippen LogP contribution >= 0.6 is 15.9 Å². The fourth-order valence-corrected chi connectivity index (χ4v) is 2.06. The summed E-state index contributed by atoms with van der Waals surface area (Å²) in [5.74, 6) is 0.714. The largest absolute Gasteiger partial charge is 0.335 e. The molecule has 0 bridgehead atoms. The van der Waals surface area contributed by atoms with Crippen molar-refractivity contribution in [3.8, 4) is 0 Å². The number of hydrogen-bond acceptors (Lipinski definition) is 4. The molecule has 1 aliphatic rings. The van der Waals surface area contributed by atoms with E-state index in [0.717, 1.165) is 10.0 Å². The molecule has 1 fully saturated rings. The Morgan fingerprint density at radius 2 is 2.29 bits per heavy atom. The first-order valence-corrected chi connectivity index (χ1v) is 6.42. The number of nitrogens with zero attached hydrogens (tertiary/aromatic N) is 2. The number of nitrogens with one attached hydrogen (secondary N) is 1. The zero-order chi connectivity index (χ0) is 11.7.